The van der Waals surface area contributed by atoms with Crippen LogP contribution in [0.4, 0.5) is 4.79 Å². The Morgan fingerprint density at radius 3 is 2.83 bits per heavy atom. The highest BCUT2D eigenvalue weighted by Crippen LogP contribution is 2.03. The Morgan fingerprint density at radius 1 is 1.50 bits per heavy atom. The normalized spacial score (nSPS) is 11.2. The van der Waals surface area contributed by atoms with Crippen LogP contribution in [0.15, 0.2) is 24.3 Å². The molecule has 1 rings (SSSR count). The molecule has 6 heteroatoms. The molecule has 0 saturated heterocycles. The van der Waals surface area contributed by atoms with E-state index >= 15 is 0 Å². The molecule has 2 N–H and O–H groups in total. The van der Waals surface area contributed by atoms with Gasteiger partial charge in [-0.25, -0.2) is 4.79 Å². The number of hydrogen-bond donors (Lipinski definition) is 2. The highest BCUT2D eigenvalue weighted by Gasteiger charge is 2.12. The average molecular weight is 266 g/mol. The molecule has 0 aromatic heterocycles. The molecule has 1 aromatic carbocycles. The first-order chi connectivity index (χ1) is 8.52. The maximum atomic E-state index is 11.3. The van der Waals surface area contributed by atoms with Gasteiger partial charge in [0.05, 0.1) is 11.6 Å². The zero-order valence-corrected chi connectivity index (χ0v) is 10.5. The molecule has 0 aliphatic rings. The van der Waals surface area contributed by atoms with Crippen LogP contribution in [0.2, 0.25) is 0 Å². The molecule has 5 nitrogen and oxygen atoms in total. The number of nitriles is 1. The second-order valence-corrected chi connectivity index (χ2v) is 4.25. The summed E-state index contributed by atoms with van der Waals surface area (Å²) in [6.45, 7) is 1.70. The van der Waals surface area contributed by atoms with Crippen molar-refractivity contribution in [3.8, 4) is 6.07 Å². The minimum atomic E-state index is -0.766. The summed E-state index contributed by atoms with van der Waals surface area (Å²) in [7, 11) is 0. The van der Waals surface area contributed by atoms with E-state index in [4.69, 9.17) is 16.9 Å². The van der Waals surface area contributed by atoms with Crippen LogP contribution in [-0.4, -0.2) is 17.3 Å². The first-order valence-electron chi connectivity index (χ1n) is 5.24. The predicted octanol–water partition coefficient (Wildman–Crippen LogP) is 1.51. The molecule has 1 atom stereocenters. The van der Waals surface area contributed by atoms with Crippen molar-refractivity contribution in [1.29, 1.82) is 5.26 Å². The Kier molecular flexibility index (Phi) is 5.15. The third kappa shape index (κ3) is 4.44. The molecule has 0 fully saturated rings. The van der Waals surface area contributed by atoms with Gasteiger partial charge in [0.25, 0.3) is 0 Å². The predicted molar refractivity (Wildman–Crippen MR) is 66.9 cm³/mol. The van der Waals surface area contributed by atoms with Crippen molar-refractivity contribution in [1.82, 2.24) is 10.6 Å². The molecule has 0 bridgehead atoms. The molecule has 1 unspecified atom stereocenters. The Bertz CT molecular complexity index is 494. The van der Waals surface area contributed by atoms with E-state index in [0.717, 1.165) is 5.56 Å². The van der Waals surface area contributed by atoms with E-state index in [1.54, 1.807) is 24.3 Å². The summed E-state index contributed by atoms with van der Waals surface area (Å²) < 4.78 is 0. The van der Waals surface area contributed by atoms with E-state index in [1.165, 1.54) is 6.92 Å². The van der Waals surface area contributed by atoms with Gasteiger partial charge in [-0.15, -0.1) is 11.6 Å². The van der Waals surface area contributed by atoms with E-state index in [9.17, 15) is 9.59 Å². The standard InChI is InChI=1S/C12H12ClN3O2/c1-8(13)11(17)16-12(18)15-7-10-4-2-3-9(5-10)6-14/h2-5,8H,7H2,1H3,(H2,15,16,17,18). The van der Waals surface area contributed by atoms with Gasteiger partial charge in [0, 0.05) is 6.54 Å². The number of rotatable bonds is 3. The lowest BCUT2D eigenvalue weighted by molar-refractivity contribution is -0.119. The van der Waals surface area contributed by atoms with Crippen molar-refractivity contribution in [3.05, 3.63) is 35.4 Å². The summed E-state index contributed by atoms with van der Waals surface area (Å²) >= 11 is 5.50. The molecule has 0 aliphatic carbocycles. The number of benzene rings is 1. The maximum absolute atomic E-state index is 11.3. The molecule has 18 heavy (non-hydrogen) atoms. The van der Waals surface area contributed by atoms with Crippen LogP contribution in [0.5, 0.6) is 0 Å². The summed E-state index contributed by atoms with van der Waals surface area (Å²) in [6.07, 6.45) is 0. The van der Waals surface area contributed by atoms with Crippen LogP contribution < -0.4 is 10.6 Å². The molecular formula is C12H12ClN3O2. The van der Waals surface area contributed by atoms with Crippen LogP contribution >= 0.6 is 11.6 Å². The largest absolute Gasteiger partial charge is 0.334 e. The monoisotopic (exact) mass is 265 g/mol. The fraction of sp³-hybridized carbons (Fsp3) is 0.250. The van der Waals surface area contributed by atoms with Crippen molar-refractivity contribution in [2.45, 2.75) is 18.8 Å². The number of hydrogen-bond acceptors (Lipinski definition) is 3. The third-order valence-corrected chi connectivity index (χ3v) is 2.31. The zero-order valence-electron chi connectivity index (χ0n) is 9.74. The highest BCUT2D eigenvalue weighted by molar-refractivity contribution is 6.31. The lowest BCUT2D eigenvalue weighted by Gasteiger charge is -2.07. The van der Waals surface area contributed by atoms with Gasteiger partial charge in [0.1, 0.15) is 5.38 Å². The summed E-state index contributed by atoms with van der Waals surface area (Å²) in [6, 6.07) is 8.21. The van der Waals surface area contributed by atoms with Gasteiger partial charge in [-0.05, 0) is 24.6 Å². The van der Waals surface area contributed by atoms with Gasteiger partial charge in [-0.2, -0.15) is 5.26 Å². The number of nitrogens with one attached hydrogen (secondary N) is 2. The first-order valence-corrected chi connectivity index (χ1v) is 5.68. The quantitative estimate of drug-likeness (QED) is 0.813. The van der Waals surface area contributed by atoms with E-state index in [2.05, 4.69) is 10.6 Å². The van der Waals surface area contributed by atoms with Crippen molar-refractivity contribution in [3.63, 3.8) is 0 Å². The van der Waals surface area contributed by atoms with Crippen molar-refractivity contribution >= 4 is 23.5 Å². The van der Waals surface area contributed by atoms with Gasteiger partial charge in [0.2, 0.25) is 5.91 Å². The zero-order chi connectivity index (χ0) is 13.5. The molecule has 1 aromatic rings. The Morgan fingerprint density at radius 2 is 2.22 bits per heavy atom. The van der Waals surface area contributed by atoms with Gasteiger partial charge in [0.15, 0.2) is 0 Å². The van der Waals surface area contributed by atoms with Gasteiger partial charge >= 0.3 is 6.03 Å². The Hall–Kier alpha value is -2.06. The third-order valence-electron chi connectivity index (χ3n) is 2.11. The second-order valence-electron chi connectivity index (χ2n) is 3.60. The minimum absolute atomic E-state index is 0.227. The Labute approximate surface area is 110 Å². The van der Waals surface area contributed by atoms with Crippen LogP contribution in [-0.2, 0) is 11.3 Å². The number of alkyl halides is 1. The van der Waals surface area contributed by atoms with Crippen LogP contribution in [0.1, 0.15) is 18.1 Å². The lowest BCUT2D eigenvalue weighted by atomic mass is 10.1. The number of carbonyl (C=O) groups is 2. The number of imide groups is 1. The van der Waals surface area contributed by atoms with Gasteiger partial charge in [-0.3, -0.25) is 10.1 Å². The van der Waals surface area contributed by atoms with Gasteiger partial charge < -0.3 is 5.32 Å². The van der Waals surface area contributed by atoms with Crippen molar-refractivity contribution < 1.29 is 9.59 Å². The molecule has 0 radical (unpaired) electrons. The molecule has 0 aliphatic heterocycles. The van der Waals surface area contributed by atoms with E-state index in [0.29, 0.717) is 5.56 Å². The molecule has 0 saturated carbocycles. The Balaban J connectivity index is 2.48. The fourth-order valence-electron chi connectivity index (χ4n) is 1.19. The molecular weight excluding hydrogens is 254 g/mol. The van der Waals surface area contributed by atoms with E-state index in [-0.39, 0.29) is 6.54 Å². The van der Waals surface area contributed by atoms with E-state index < -0.39 is 17.3 Å². The van der Waals surface area contributed by atoms with Crippen LogP contribution in [0, 0.1) is 11.3 Å². The summed E-state index contributed by atoms with van der Waals surface area (Å²) in [5.74, 6) is -0.556. The topological polar surface area (TPSA) is 82.0 Å². The number of nitrogens with zero attached hydrogens (tertiary/aromatic N) is 1. The summed E-state index contributed by atoms with van der Waals surface area (Å²) in [5.41, 5.74) is 1.29. The van der Waals surface area contributed by atoms with E-state index in [1.807, 2.05) is 6.07 Å². The lowest BCUT2D eigenvalue weighted by Crippen LogP contribution is -2.41. The number of urea groups is 1. The van der Waals surface area contributed by atoms with Crippen LogP contribution in [0.3, 0.4) is 0 Å². The van der Waals surface area contributed by atoms with Crippen molar-refractivity contribution in [2.75, 3.05) is 0 Å². The molecule has 3 amide bonds. The highest BCUT2D eigenvalue weighted by atomic mass is 35.5. The summed E-state index contributed by atoms with van der Waals surface area (Å²) in [4.78, 5) is 22.4. The SMILES string of the molecule is CC(Cl)C(=O)NC(=O)NCc1cccc(C#N)c1. The molecule has 0 spiro atoms. The minimum Gasteiger partial charge on any atom is -0.334 e. The smallest absolute Gasteiger partial charge is 0.321 e. The van der Waals surface area contributed by atoms with Crippen LogP contribution in [0.25, 0.3) is 0 Å². The molecule has 0 heterocycles. The fourth-order valence-corrected chi connectivity index (χ4v) is 1.24. The average Bonchev–Trinajstić information content (AvgIpc) is 2.36. The molecule has 94 valence electrons. The number of carbonyl (C=O) groups excluding carboxylic acids is 2. The maximum Gasteiger partial charge on any atom is 0.321 e. The summed E-state index contributed by atoms with van der Waals surface area (Å²) in [5, 5.41) is 12.5. The second kappa shape index (κ2) is 6.62. The van der Waals surface area contributed by atoms with Gasteiger partial charge in [-0.1, -0.05) is 12.1 Å². The first kappa shape index (κ1) is 14.0. The number of amides is 3. The van der Waals surface area contributed by atoms with Crippen molar-refractivity contribution in [2.24, 2.45) is 0 Å². The number of halogens is 1.